The minimum atomic E-state index is -0.0396. The smallest absolute Gasteiger partial charge is 0.0543 e. The van der Waals surface area contributed by atoms with Gasteiger partial charge in [-0.25, -0.2) is 0 Å². The van der Waals surface area contributed by atoms with Crippen molar-refractivity contribution in [1.82, 2.24) is 0 Å². The Morgan fingerprint density at radius 3 is 2.00 bits per heavy atom. The summed E-state index contributed by atoms with van der Waals surface area (Å²) in [6.45, 7) is 4.67. The second kappa shape index (κ2) is 8.55. The summed E-state index contributed by atoms with van der Waals surface area (Å²) >= 11 is 3.70. The fourth-order valence-electron chi connectivity index (χ4n) is 5.40. The predicted molar refractivity (Wildman–Crippen MR) is 152 cm³/mol. The molecule has 0 fully saturated rings. The maximum atomic E-state index is 3.70. The van der Waals surface area contributed by atoms with Gasteiger partial charge in [0.1, 0.15) is 0 Å². The molecule has 0 saturated heterocycles. The Balaban J connectivity index is 1.56. The highest BCUT2D eigenvalue weighted by atomic mass is 79.9. The number of benzene rings is 5. The molecule has 0 atom stereocenters. The van der Waals surface area contributed by atoms with E-state index in [1.165, 1.54) is 39.1 Å². The highest BCUT2D eigenvalue weighted by Crippen LogP contribution is 2.54. The second-order valence-electron chi connectivity index (χ2n) is 9.60. The third kappa shape index (κ3) is 3.69. The molecule has 170 valence electrons. The lowest BCUT2D eigenvalue weighted by molar-refractivity contribution is 0.660. The molecule has 0 bridgehead atoms. The van der Waals surface area contributed by atoms with Crippen LogP contribution in [0.15, 0.2) is 126 Å². The van der Waals surface area contributed by atoms with Crippen molar-refractivity contribution < 1.29 is 0 Å². The summed E-state index contributed by atoms with van der Waals surface area (Å²) in [5, 5.41) is 0. The van der Waals surface area contributed by atoms with Crippen LogP contribution in [0.25, 0.3) is 22.3 Å². The van der Waals surface area contributed by atoms with Crippen molar-refractivity contribution in [2.45, 2.75) is 19.3 Å². The lowest BCUT2D eigenvalue weighted by Crippen LogP contribution is -2.16. The SMILES string of the molecule is CC1(C)c2ccccc2-c2c(N(c3ccc(-c4ccccc4)cc3)c3cccc(Br)c3)cccc21. The van der Waals surface area contributed by atoms with Gasteiger partial charge in [-0.05, 0) is 64.2 Å². The van der Waals surface area contributed by atoms with Crippen LogP contribution in [0.5, 0.6) is 0 Å². The number of nitrogens with zero attached hydrogens (tertiary/aromatic N) is 1. The number of halogens is 1. The van der Waals surface area contributed by atoms with Crippen molar-refractivity contribution in [1.29, 1.82) is 0 Å². The third-order valence-corrected chi connectivity index (χ3v) is 7.62. The van der Waals surface area contributed by atoms with Gasteiger partial charge in [0.25, 0.3) is 0 Å². The molecule has 35 heavy (non-hydrogen) atoms. The van der Waals surface area contributed by atoms with E-state index in [2.05, 4.69) is 156 Å². The molecule has 6 rings (SSSR count). The van der Waals surface area contributed by atoms with Crippen molar-refractivity contribution in [2.75, 3.05) is 4.90 Å². The van der Waals surface area contributed by atoms with Gasteiger partial charge in [0.15, 0.2) is 0 Å². The van der Waals surface area contributed by atoms with Gasteiger partial charge in [-0.15, -0.1) is 0 Å². The quantitative estimate of drug-likeness (QED) is 0.230. The van der Waals surface area contributed by atoms with E-state index in [9.17, 15) is 0 Å². The van der Waals surface area contributed by atoms with E-state index in [-0.39, 0.29) is 5.41 Å². The molecule has 0 amide bonds. The zero-order valence-electron chi connectivity index (χ0n) is 19.9. The maximum absolute atomic E-state index is 3.70. The van der Waals surface area contributed by atoms with Crippen LogP contribution in [0, 0.1) is 0 Å². The molecular formula is C33H26BrN. The maximum Gasteiger partial charge on any atom is 0.0543 e. The molecule has 0 heterocycles. The highest BCUT2D eigenvalue weighted by Gasteiger charge is 2.37. The average molecular weight is 516 g/mol. The molecule has 0 aromatic heterocycles. The van der Waals surface area contributed by atoms with E-state index in [1.54, 1.807) is 0 Å². The van der Waals surface area contributed by atoms with Crippen LogP contribution in [0.1, 0.15) is 25.0 Å². The van der Waals surface area contributed by atoms with Gasteiger partial charge in [0, 0.05) is 26.8 Å². The fourth-order valence-corrected chi connectivity index (χ4v) is 5.78. The summed E-state index contributed by atoms with van der Waals surface area (Å²) in [4.78, 5) is 2.39. The summed E-state index contributed by atoms with van der Waals surface area (Å²) in [5.74, 6) is 0. The average Bonchev–Trinajstić information content (AvgIpc) is 3.13. The number of rotatable bonds is 4. The van der Waals surface area contributed by atoms with Crippen molar-refractivity contribution in [3.05, 3.63) is 137 Å². The first-order chi connectivity index (χ1) is 17.0. The molecule has 0 unspecified atom stereocenters. The zero-order chi connectivity index (χ0) is 24.0. The molecule has 0 radical (unpaired) electrons. The minimum absolute atomic E-state index is 0.0396. The fraction of sp³-hybridized carbons (Fsp3) is 0.0909. The Labute approximate surface area is 215 Å². The molecule has 5 aromatic carbocycles. The van der Waals surface area contributed by atoms with Crippen molar-refractivity contribution >= 4 is 33.0 Å². The van der Waals surface area contributed by atoms with Crippen LogP contribution in [0.3, 0.4) is 0 Å². The Bertz CT molecular complexity index is 1520. The second-order valence-corrected chi connectivity index (χ2v) is 10.5. The van der Waals surface area contributed by atoms with Crippen LogP contribution >= 0.6 is 15.9 Å². The summed E-state index contributed by atoms with van der Waals surface area (Å²) in [7, 11) is 0. The number of hydrogen-bond donors (Lipinski definition) is 0. The van der Waals surface area contributed by atoms with Gasteiger partial charge < -0.3 is 4.90 Å². The number of fused-ring (bicyclic) bond motifs is 3. The predicted octanol–water partition coefficient (Wildman–Crippen LogP) is 9.89. The van der Waals surface area contributed by atoms with E-state index >= 15 is 0 Å². The largest absolute Gasteiger partial charge is 0.310 e. The van der Waals surface area contributed by atoms with E-state index in [1.807, 2.05) is 0 Å². The first kappa shape index (κ1) is 21.9. The molecule has 2 heteroatoms. The monoisotopic (exact) mass is 515 g/mol. The van der Waals surface area contributed by atoms with E-state index in [4.69, 9.17) is 0 Å². The summed E-state index contributed by atoms with van der Waals surface area (Å²) < 4.78 is 1.06. The molecule has 0 saturated carbocycles. The molecule has 1 nitrogen and oxygen atoms in total. The van der Waals surface area contributed by atoms with Gasteiger partial charge in [-0.3, -0.25) is 0 Å². The molecule has 5 aromatic rings. The molecular weight excluding hydrogens is 490 g/mol. The number of anilines is 3. The standard InChI is InChI=1S/C33H26BrN/c1-33(2)29-15-7-6-14-28(29)32-30(33)16-9-17-31(32)35(27-13-8-12-25(34)22-27)26-20-18-24(19-21-26)23-10-4-3-5-11-23/h3-22H,1-2H3. The lowest BCUT2D eigenvalue weighted by Gasteiger charge is -2.29. The van der Waals surface area contributed by atoms with Gasteiger partial charge in [-0.2, -0.15) is 0 Å². The summed E-state index contributed by atoms with van der Waals surface area (Å²) in [6.07, 6.45) is 0. The minimum Gasteiger partial charge on any atom is -0.310 e. The summed E-state index contributed by atoms with van der Waals surface area (Å²) in [5.41, 5.74) is 11.3. The van der Waals surface area contributed by atoms with Gasteiger partial charge in [0.05, 0.1) is 5.69 Å². The normalized spacial score (nSPS) is 13.2. The number of hydrogen-bond acceptors (Lipinski definition) is 1. The zero-order valence-corrected chi connectivity index (χ0v) is 21.5. The van der Waals surface area contributed by atoms with Crippen LogP contribution < -0.4 is 4.90 Å². The van der Waals surface area contributed by atoms with Crippen molar-refractivity contribution in [3.8, 4) is 22.3 Å². The lowest BCUT2D eigenvalue weighted by atomic mass is 9.82. The topological polar surface area (TPSA) is 3.24 Å². The first-order valence-electron chi connectivity index (χ1n) is 12.0. The van der Waals surface area contributed by atoms with Gasteiger partial charge in [-0.1, -0.05) is 115 Å². The molecule has 1 aliphatic carbocycles. The van der Waals surface area contributed by atoms with E-state index in [0.717, 1.165) is 15.8 Å². The van der Waals surface area contributed by atoms with Gasteiger partial charge in [0.2, 0.25) is 0 Å². The Morgan fingerprint density at radius 2 is 1.23 bits per heavy atom. The van der Waals surface area contributed by atoms with Crippen LogP contribution in [-0.4, -0.2) is 0 Å². The van der Waals surface area contributed by atoms with E-state index in [0.29, 0.717) is 0 Å². The summed E-state index contributed by atoms with van der Waals surface area (Å²) in [6, 6.07) is 43.6. The van der Waals surface area contributed by atoms with Crippen molar-refractivity contribution in [3.63, 3.8) is 0 Å². The Hall–Kier alpha value is -3.62. The molecule has 1 aliphatic rings. The van der Waals surface area contributed by atoms with E-state index < -0.39 is 0 Å². The van der Waals surface area contributed by atoms with Crippen LogP contribution in [-0.2, 0) is 5.41 Å². The van der Waals surface area contributed by atoms with Gasteiger partial charge >= 0.3 is 0 Å². The Morgan fingerprint density at radius 1 is 0.571 bits per heavy atom. The van der Waals surface area contributed by atoms with Crippen molar-refractivity contribution in [2.24, 2.45) is 0 Å². The first-order valence-corrected chi connectivity index (χ1v) is 12.8. The van der Waals surface area contributed by atoms with Crippen LogP contribution in [0.4, 0.5) is 17.1 Å². The van der Waals surface area contributed by atoms with Crippen LogP contribution in [0.2, 0.25) is 0 Å². The Kier molecular flexibility index (Phi) is 5.35. The molecule has 0 spiro atoms. The molecule has 0 N–H and O–H groups in total. The third-order valence-electron chi connectivity index (χ3n) is 7.13. The highest BCUT2D eigenvalue weighted by molar-refractivity contribution is 9.10. The molecule has 0 aliphatic heterocycles.